The van der Waals surface area contributed by atoms with Gasteiger partial charge in [0, 0.05) is 12.1 Å². The smallest absolute Gasteiger partial charge is 0.244 e. The minimum Gasteiger partial charge on any atom is -0.350 e. The molecule has 0 heterocycles. The molecule has 1 rings (SSSR count). The molecule has 0 unspecified atom stereocenters. The van der Waals surface area contributed by atoms with Crippen molar-refractivity contribution < 1.29 is 4.79 Å². The van der Waals surface area contributed by atoms with Gasteiger partial charge in [0.05, 0.1) is 0 Å². The van der Waals surface area contributed by atoms with Crippen molar-refractivity contribution in [1.29, 1.82) is 0 Å². The fourth-order valence-corrected chi connectivity index (χ4v) is 1.56. The molecule has 0 fully saturated rings. The molecule has 0 saturated carbocycles. The lowest BCUT2D eigenvalue weighted by atomic mass is 10.0. The topological polar surface area (TPSA) is 29.1 Å². The van der Waals surface area contributed by atoms with Gasteiger partial charge in [-0.25, -0.2) is 0 Å². The van der Waals surface area contributed by atoms with Crippen LogP contribution in [0.5, 0.6) is 0 Å². The number of benzene rings is 1. The first kappa shape index (κ1) is 14.5. The molecule has 18 heavy (non-hydrogen) atoms. The van der Waals surface area contributed by atoms with Gasteiger partial charge in [0.2, 0.25) is 5.91 Å². The Labute approximate surface area is 110 Å². The summed E-state index contributed by atoms with van der Waals surface area (Å²) in [5, 5.41) is 2.90. The van der Waals surface area contributed by atoms with Crippen molar-refractivity contribution in [2.24, 2.45) is 0 Å². The van der Waals surface area contributed by atoms with Gasteiger partial charge in [0.25, 0.3) is 0 Å². The van der Waals surface area contributed by atoms with E-state index in [0.29, 0.717) is 5.92 Å². The Hall–Kier alpha value is -1.57. The third-order valence-corrected chi connectivity index (χ3v) is 3.03. The van der Waals surface area contributed by atoms with Crippen LogP contribution in [0.3, 0.4) is 0 Å². The fraction of sp³-hybridized carbons (Fsp3) is 0.438. The average molecular weight is 245 g/mol. The highest BCUT2D eigenvalue weighted by molar-refractivity contribution is 5.91. The molecule has 0 aromatic heterocycles. The van der Waals surface area contributed by atoms with E-state index in [1.54, 1.807) is 6.08 Å². The van der Waals surface area contributed by atoms with Crippen LogP contribution >= 0.6 is 0 Å². The van der Waals surface area contributed by atoms with E-state index in [1.165, 1.54) is 5.56 Å². The van der Waals surface area contributed by atoms with Gasteiger partial charge in [-0.15, -0.1) is 0 Å². The van der Waals surface area contributed by atoms with E-state index in [-0.39, 0.29) is 11.9 Å². The monoisotopic (exact) mass is 245 g/mol. The normalized spacial score (nSPS) is 12.9. The number of amides is 1. The van der Waals surface area contributed by atoms with E-state index in [0.717, 1.165) is 12.0 Å². The molecule has 1 amide bonds. The largest absolute Gasteiger partial charge is 0.350 e. The molecule has 1 atom stereocenters. The molecule has 0 radical (unpaired) electrons. The molecule has 0 aliphatic heterocycles. The highest BCUT2D eigenvalue weighted by Crippen LogP contribution is 2.15. The number of carbonyl (C=O) groups excluding carboxylic acids is 1. The molecule has 0 spiro atoms. The molecule has 2 nitrogen and oxygen atoms in total. The van der Waals surface area contributed by atoms with Crippen molar-refractivity contribution in [3.05, 3.63) is 41.5 Å². The van der Waals surface area contributed by atoms with Crippen LogP contribution in [0.15, 0.2) is 30.3 Å². The van der Waals surface area contributed by atoms with Crippen molar-refractivity contribution in [2.45, 2.75) is 46.1 Å². The van der Waals surface area contributed by atoms with Crippen LogP contribution < -0.4 is 5.32 Å². The number of hydrogen-bond acceptors (Lipinski definition) is 1. The van der Waals surface area contributed by atoms with Crippen LogP contribution in [0.25, 0.3) is 6.08 Å². The summed E-state index contributed by atoms with van der Waals surface area (Å²) in [6, 6.07) is 8.53. The van der Waals surface area contributed by atoms with Crippen molar-refractivity contribution in [1.82, 2.24) is 5.32 Å². The predicted octanol–water partition coefficient (Wildman–Crippen LogP) is 3.74. The van der Waals surface area contributed by atoms with Crippen LogP contribution in [-0.4, -0.2) is 11.9 Å². The summed E-state index contributed by atoms with van der Waals surface area (Å²) in [6.07, 6.45) is 4.39. The summed E-state index contributed by atoms with van der Waals surface area (Å²) >= 11 is 0. The van der Waals surface area contributed by atoms with Crippen LogP contribution in [-0.2, 0) is 4.79 Å². The SMILES string of the molecule is CC[C@H](C)NC(=O)/C=C/c1ccc(C(C)C)cc1. The minimum absolute atomic E-state index is 0.0303. The molecule has 1 N–H and O–H groups in total. The lowest BCUT2D eigenvalue weighted by molar-refractivity contribution is -0.117. The van der Waals surface area contributed by atoms with Gasteiger partial charge in [0.15, 0.2) is 0 Å². The third kappa shape index (κ3) is 4.74. The first-order valence-corrected chi connectivity index (χ1v) is 6.61. The number of rotatable bonds is 5. The Balaban J connectivity index is 2.59. The summed E-state index contributed by atoms with van der Waals surface area (Å²) in [5.74, 6) is 0.508. The molecule has 0 saturated heterocycles. The lowest BCUT2D eigenvalue weighted by Crippen LogP contribution is -2.30. The molecule has 0 bridgehead atoms. The highest BCUT2D eigenvalue weighted by atomic mass is 16.1. The van der Waals surface area contributed by atoms with Gasteiger partial charge < -0.3 is 5.32 Å². The summed E-state index contributed by atoms with van der Waals surface area (Å²) in [6.45, 7) is 8.40. The number of carbonyl (C=O) groups is 1. The Kier molecular flexibility index (Phi) is 5.63. The molecule has 1 aromatic carbocycles. The van der Waals surface area contributed by atoms with Crippen molar-refractivity contribution >= 4 is 12.0 Å². The average Bonchev–Trinajstić information content (AvgIpc) is 2.36. The van der Waals surface area contributed by atoms with Crippen molar-refractivity contribution in [3.8, 4) is 0 Å². The van der Waals surface area contributed by atoms with Crippen LogP contribution in [0.4, 0.5) is 0 Å². The molecule has 0 aliphatic rings. The first-order chi connectivity index (χ1) is 8.52. The van der Waals surface area contributed by atoms with Gasteiger partial charge in [-0.2, -0.15) is 0 Å². The van der Waals surface area contributed by atoms with Gasteiger partial charge >= 0.3 is 0 Å². The summed E-state index contributed by atoms with van der Waals surface area (Å²) in [4.78, 5) is 11.6. The van der Waals surface area contributed by atoms with E-state index in [2.05, 4.69) is 38.2 Å². The molecular weight excluding hydrogens is 222 g/mol. The lowest BCUT2D eigenvalue weighted by Gasteiger charge is -2.08. The summed E-state index contributed by atoms with van der Waals surface area (Å²) in [7, 11) is 0. The van der Waals surface area contributed by atoms with Crippen molar-refractivity contribution in [2.75, 3.05) is 0 Å². The minimum atomic E-state index is -0.0303. The first-order valence-electron chi connectivity index (χ1n) is 6.61. The Morgan fingerprint density at radius 3 is 2.33 bits per heavy atom. The molecule has 2 heteroatoms. The van der Waals surface area contributed by atoms with Crippen LogP contribution in [0.1, 0.15) is 51.2 Å². The second-order valence-electron chi connectivity index (χ2n) is 4.97. The molecule has 98 valence electrons. The van der Waals surface area contributed by atoms with E-state index in [4.69, 9.17) is 0 Å². The molecule has 1 aromatic rings. The van der Waals surface area contributed by atoms with E-state index >= 15 is 0 Å². The molecular formula is C16H23NO. The zero-order valence-electron chi connectivity index (χ0n) is 11.7. The van der Waals surface area contributed by atoms with Crippen molar-refractivity contribution in [3.63, 3.8) is 0 Å². The van der Waals surface area contributed by atoms with Gasteiger partial charge in [-0.1, -0.05) is 45.0 Å². The van der Waals surface area contributed by atoms with Gasteiger partial charge in [-0.3, -0.25) is 4.79 Å². The Morgan fingerprint density at radius 1 is 1.22 bits per heavy atom. The fourth-order valence-electron chi connectivity index (χ4n) is 1.56. The van der Waals surface area contributed by atoms with Gasteiger partial charge in [-0.05, 0) is 36.5 Å². The number of nitrogens with one attached hydrogen (secondary N) is 1. The quantitative estimate of drug-likeness (QED) is 0.787. The summed E-state index contributed by atoms with van der Waals surface area (Å²) in [5.41, 5.74) is 2.37. The van der Waals surface area contributed by atoms with E-state index in [9.17, 15) is 4.79 Å². The Morgan fingerprint density at radius 2 is 1.83 bits per heavy atom. The maximum atomic E-state index is 11.6. The van der Waals surface area contributed by atoms with E-state index < -0.39 is 0 Å². The highest BCUT2D eigenvalue weighted by Gasteiger charge is 2.01. The second-order valence-corrected chi connectivity index (χ2v) is 4.97. The Bertz CT molecular complexity index is 404. The van der Waals surface area contributed by atoms with E-state index in [1.807, 2.05) is 25.1 Å². The zero-order valence-corrected chi connectivity index (χ0v) is 11.7. The van der Waals surface area contributed by atoms with Gasteiger partial charge in [0.1, 0.15) is 0 Å². The maximum absolute atomic E-state index is 11.6. The maximum Gasteiger partial charge on any atom is 0.244 e. The predicted molar refractivity (Wildman–Crippen MR) is 77.5 cm³/mol. The van der Waals surface area contributed by atoms with Crippen LogP contribution in [0, 0.1) is 0 Å². The zero-order chi connectivity index (χ0) is 13.5. The number of hydrogen-bond donors (Lipinski definition) is 1. The standard InChI is InChI=1S/C16H23NO/c1-5-13(4)17-16(18)11-8-14-6-9-15(10-7-14)12(2)3/h6-13H,5H2,1-4H3,(H,17,18)/b11-8+/t13-/m0/s1. The molecule has 0 aliphatic carbocycles. The second kappa shape index (κ2) is 7.00. The summed E-state index contributed by atoms with van der Waals surface area (Å²) < 4.78 is 0. The van der Waals surface area contributed by atoms with Crippen LogP contribution in [0.2, 0.25) is 0 Å². The third-order valence-electron chi connectivity index (χ3n) is 3.03.